The van der Waals surface area contributed by atoms with Crippen LogP contribution in [0.4, 0.5) is 0 Å². The lowest BCUT2D eigenvalue weighted by atomic mass is 10.3. The Balaban J connectivity index is 3.25. The van der Waals surface area contributed by atoms with Crippen molar-refractivity contribution in [1.82, 2.24) is 10.7 Å². The number of amides is 2. The summed E-state index contributed by atoms with van der Waals surface area (Å²) in [5, 5.41) is 6.49. The van der Waals surface area contributed by atoms with Crippen molar-refractivity contribution in [3.8, 4) is 0 Å². The van der Waals surface area contributed by atoms with Crippen LogP contribution < -0.4 is 10.7 Å². The van der Waals surface area contributed by atoms with Crippen LogP contribution in [0, 0.1) is 0 Å². The number of hydrogen-bond donors (Lipinski definition) is 2. The Morgan fingerprint density at radius 2 is 1.89 bits per heavy atom. The number of nitrogens with zero attached hydrogens (tertiary/aromatic N) is 1. The molecule has 0 saturated carbocycles. The Labute approximate surface area is 116 Å². The molecule has 0 bridgehead atoms. The van der Waals surface area contributed by atoms with Gasteiger partial charge in [-0.2, -0.15) is 5.10 Å². The van der Waals surface area contributed by atoms with Gasteiger partial charge in [0.2, 0.25) is 11.8 Å². The summed E-state index contributed by atoms with van der Waals surface area (Å²) in [7, 11) is 3.30. The van der Waals surface area contributed by atoms with Gasteiger partial charge >= 0.3 is 0 Å². The highest BCUT2D eigenvalue weighted by molar-refractivity contribution is 8.76. The molecule has 0 aromatic rings. The predicted octanol–water partition coefficient (Wildman–Crippen LogP) is 1.80. The van der Waals surface area contributed by atoms with Crippen molar-refractivity contribution in [3.63, 3.8) is 0 Å². The van der Waals surface area contributed by atoms with Gasteiger partial charge in [-0.3, -0.25) is 9.59 Å². The lowest BCUT2D eigenvalue weighted by Gasteiger charge is -2.03. The van der Waals surface area contributed by atoms with Gasteiger partial charge in [-0.15, -0.1) is 0 Å². The molecule has 5 nitrogen and oxygen atoms in total. The molecule has 0 atom stereocenters. The third-order valence-electron chi connectivity index (χ3n) is 1.80. The van der Waals surface area contributed by atoms with Crippen LogP contribution in [-0.4, -0.2) is 36.1 Å². The van der Waals surface area contributed by atoms with E-state index in [9.17, 15) is 9.59 Å². The molecule has 0 aliphatic heterocycles. The van der Waals surface area contributed by atoms with Gasteiger partial charge in [-0.25, -0.2) is 5.43 Å². The van der Waals surface area contributed by atoms with E-state index >= 15 is 0 Å². The monoisotopic (exact) mass is 291 g/mol. The number of carbonyl (C=O) groups is 2. The molecule has 0 heterocycles. The number of nitrogens with one attached hydrogen (secondary N) is 2. The minimum absolute atomic E-state index is 0.0718. The normalized spacial score (nSPS) is 10.6. The molecule has 2 N–H and O–H groups in total. The van der Waals surface area contributed by atoms with E-state index in [4.69, 9.17) is 0 Å². The van der Waals surface area contributed by atoms with E-state index in [1.807, 2.05) is 6.92 Å². The molecule has 0 rings (SSSR count). The van der Waals surface area contributed by atoms with E-state index < -0.39 is 0 Å². The maximum Gasteiger partial charge on any atom is 0.240 e. The van der Waals surface area contributed by atoms with Crippen LogP contribution in [-0.2, 0) is 9.59 Å². The molecule has 0 fully saturated rings. The molecule has 0 aliphatic rings. The summed E-state index contributed by atoms with van der Waals surface area (Å²) in [4.78, 5) is 22.3. The van der Waals surface area contributed by atoms with Crippen LogP contribution in [0.2, 0.25) is 0 Å². The highest BCUT2D eigenvalue weighted by Gasteiger charge is 2.00. The summed E-state index contributed by atoms with van der Waals surface area (Å²) >= 11 is 0. The minimum atomic E-state index is -0.0718. The zero-order valence-corrected chi connectivity index (χ0v) is 12.5. The lowest BCUT2D eigenvalue weighted by molar-refractivity contribution is -0.121. The Morgan fingerprint density at radius 3 is 2.56 bits per heavy atom. The van der Waals surface area contributed by atoms with E-state index in [2.05, 4.69) is 15.8 Å². The number of hydrogen-bond acceptors (Lipinski definition) is 5. The SMILES string of the molecule is C/C=N/NC(=O)CCSSCCNC(=O)CCC. The highest BCUT2D eigenvalue weighted by atomic mass is 33.1. The van der Waals surface area contributed by atoms with Crippen molar-refractivity contribution in [3.05, 3.63) is 0 Å². The van der Waals surface area contributed by atoms with E-state index in [0.717, 1.165) is 17.9 Å². The van der Waals surface area contributed by atoms with E-state index in [1.165, 1.54) is 0 Å². The topological polar surface area (TPSA) is 70.6 Å². The first-order valence-electron chi connectivity index (χ1n) is 5.98. The van der Waals surface area contributed by atoms with Crippen LogP contribution in [0.3, 0.4) is 0 Å². The van der Waals surface area contributed by atoms with Crippen molar-refractivity contribution in [2.24, 2.45) is 5.10 Å². The largest absolute Gasteiger partial charge is 0.355 e. The van der Waals surface area contributed by atoms with Crippen molar-refractivity contribution in [1.29, 1.82) is 0 Å². The standard InChI is InChI=1S/C11H21N3O2S2/c1-3-5-10(15)12-7-9-18-17-8-6-11(16)14-13-4-2/h4H,3,5-9H2,1-2H3,(H,12,15)(H,14,16)/b13-4+. The molecular formula is C11H21N3O2S2. The van der Waals surface area contributed by atoms with Crippen LogP contribution in [0.5, 0.6) is 0 Å². The van der Waals surface area contributed by atoms with Crippen LogP contribution in [0.15, 0.2) is 5.10 Å². The summed E-state index contributed by atoms with van der Waals surface area (Å²) in [5.41, 5.74) is 2.41. The summed E-state index contributed by atoms with van der Waals surface area (Å²) in [6.07, 6.45) is 3.47. The fraction of sp³-hybridized carbons (Fsp3) is 0.727. The quantitative estimate of drug-likeness (QED) is 0.279. The average Bonchev–Trinajstić information content (AvgIpc) is 2.35. The van der Waals surface area contributed by atoms with Gasteiger partial charge in [0.25, 0.3) is 0 Å². The lowest BCUT2D eigenvalue weighted by Crippen LogP contribution is -2.24. The van der Waals surface area contributed by atoms with Gasteiger partial charge in [0.1, 0.15) is 0 Å². The molecule has 18 heavy (non-hydrogen) atoms. The minimum Gasteiger partial charge on any atom is -0.355 e. The van der Waals surface area contributed by atoms with Gasteiger partial charge in [-0.05, 0) is 13.3 Å². The number of rotatable bonds is 10. The Kier molecular flexibility index (Phi) is 12.3. The Hall–Kier alpha value is -0.690. The van der Waals surface area contributed by atoms with Crippen LogP contribution in [0.25, 0.3) is 0 Å². The van der Waals surface area contributed by atoms with Gasteiger partial charge in [-0.1, -0.05) is 28.5 Å². The van der Waals surface area contributed by atoms with Crippen molar-refractivity contribution >= 4 is 39.6 Å². The molecule has 0 aromatic carbocycles. The van der Waals surface area contributed by atoms with Gasteiger partial charge in [0.05, 0.1) is 0 Å². The van der Waals surface area contributed by atoms with Gasteiger partial charge in [0.15, 0.2) is 0 Å². The zero-order valence-electron chi connectivity index (χ0n) is 10.9. The van der Waals surface area contributed by atoms with Crippen molar-refractivity contribution < 1.29 is 9.59 Å². The molecule has 2 amide bonds. The first kappa shape index (κ1) is 17.3. The maximum absolute atomic E-state index is 11.1. The first-order valence-corrected chi connectivity index (χ1v) is 8.47. The average molecular weight is 291 g/mol. The third-order valence-corrected chi connectivity index (χ3v) is 4.21. The molecular weight excluding hydrogens is 270 g/mol. The van der Waals surface area contributed by atoms with Gasteiger partial charge < -0.3 is 5.32 Å². The molecule has 0 aliphatic carbocycles. The third kappa shape index (κ3) is 11.8. The smallest absolute Gasteiger partial charge is 0.240 e. The Morgan fingerprint density at radius 1 is 1.17 bits per heavy atom. The Bertz CT molecular complexity index is 273. The van der Waals surface area contributed by atoms with Gasteiger partial charge in [0, 0.05) is 37.1 Å². The molecule has 0 radical (unpaired) electrons. The van der Waals surface area contributed by atoms with Crippen LogP contribution in [0.1, 0.15) is 33.1 Å². The molecule has 7 heteroatoms. The fourth-order valence-corrected chi connectivity index (χ4v) is 2.89. The maximum atomic E-state index is 11.1. The summed E-state index contributed by atoms with van der Waals surface area (Å²) in [6, 6.07) is 0. The van der Waals surface area contributed by atoms with E-state index in [0.29, 0.717) is 19.4 Å². The second-order valence-corrected chi connectivity index (χ2v) is 6.12. The second kappa shape index (κ2) is 12.8. The first-order chi connectivity index (χ1) is 8.70. The number of hydrazone groups is 1. The summed E-state index contributed by atoms with van der Waals surface area (Å²) in [6.45, 7) is 4.42. The number of carbonyl (C=O) groups excluding carboxylic acids is 2. The molecule has 0 unspecified atom stereocenters. The predicted molar refractivity (Wildman–Crippen MR) is 79.8 cm³/mol. The summed E-state index contributed by atoms with van der Waals surface area (Å²) in [5.74, 6) is 1.64. The summed E-state index contributed by atoms with van der Waals surface area (Å²) < 4.78 is 0. The zero-order chi connectivity index (χ0) is 13.6. The van der Waals surface area contributed by atoms with Crippen molar-refractivity contribution in [2.45, 2.75) is 33.1 Å². The van der Waals surface area contributed by atoms with E-state index in [-0.39, 0.29) is 11.8 Å². The molecule has 0 saturated heterocycles. The highest BCUT2D eigenvalue weighted by Crippen LogP contribution is 2.20. The molecule has 104 valence electrons. The van der Waals surface area contributed by atoms with Crippen molar-refractivity contribution in [2.75, 3.05) is 18.1 Å². The van der Waals surface area contributed by atoms with Crippen LogP contribution >= 0.6 is 21.6 Å². The molecule has 0 spiro atoms. The molecule has 0 aromatic heterocycles. The second-order valence-electron chi connectivity index (χ2n) is 3.42. The van der Waals surface area contributed by atoms with E-state index in [1.54, 1.807) is 34.7 Å². The fourth-order valence-electron chi connectivity index (χ4n) is 0.992.